The van der Waals surface area contributed by atoms with Gasteiger partial charge in [-0.25, -0.2) is 0 Å². The number of rotatable bonds is 7. The molecule has 148 valence electrons. The van der Waals surface area contributed by atoms with Gasteiger partial charge in [-0.3, -0.25) is 14.4 Å². The molecule has 0 aliphatic rings. The number of nitrogens with zero attached hydrogens (tertiary/aromatic N) is 1. The molecule has 0 radical (unpaired) electrons. The second kappa shape index (κ2) is 9.36. The number of carbonyl (C=O) groups excluding carboxylic acids is 2. The number of nitrogens with one attached hydrogen (secondary N) is 1. The van der Waals surface area contributed by atoms with Gasteiger partial charge in [0.25, 0.3) is 11.5 Å². The summed E-state index contributed by atoms with van der Waals surface area (Å²) in [6, 6.07) is 19.0. The molecule has 1 aromatic heterocycles. The van der Waals surface area contributed by atoms with E-state index in [1.54, 1.807) is 36.4 Å². The highest BCUT2D eigenvalue weighted by molar-refractivity contribution is 5.92. The average Bonchev–Trinajstić information content (AvgIpc) is 2.71. The minimum atomic E-state index is -0.671. The predicted molar refractivity (Wildman–Crippen MR) is 108 cm³/mol. The SMILES string of the molecule is Cc1ccc(Oc2ccc(NC(=O)COC(=O)Cn3ccccc3=O)cc2)cc1. The maximum Gasteiger partial charge on any atom is 0.326 e. The second-order valence-electron chi connectivity index (χ2n) is 6.32. The zero-order valence-corrected chi connectivity index (χ0v) is 15.8. The summed E-state index contributed by atoms with van der Waals surface area (Å²) in [7, 11) is 0. The predicted octanol–water partition coefficient (Wildman–Crippen LogP) is 3.13. The number of anilines is 1. The van der Waals surface area contributed by atoms with Crippen molar-refractivity contribution in [3.05, 3.63) is 88.8 Å². The van der Waals surface area contributed by atoms with Crippen LogP contribution in [0, 0.1) is 6.92 Å². The molecule has 1 amide bonds. The van der Waals surface area contributed by atoms with Crippen molar-refractivity contribution in [3.8, 4) is 11.5 Å². The minimum Gasteiger partial charge on any atom is -0.457 e. The number of esters is 1. The van der Waals surface area contributed by atoms with Gasteiger partial charge in [-0.15, -0.1) is 0 Å². The Labute approximate surface area is 167 Å². The number of carbonyl (C=O) groups is 2. The first-order chi connectivity index (χ1) is 14.0. The number of hydrogen-bond donors (Lipinski definition) is 1. The fraction of sp³-hybridized carbons (Fsp3) is 0.136. The van der Waals surface area contributed by atoms with Crippen LogP contribution in [0.1, 0.15) is 5.56 Å². The maximum absolute atomic E-state index is 12.0. The molecule has 0 aliphatic heterocycles. The van der Waals surface area contributed by atoms with E-state index >= 15 is 0 Å². The third-order valence-corrected chi connectivity index (χ3v) is 3.96. The van der Waals surface area contributed by atoms with E-state index in [4.69, 9.17) is 9.47 Å². The first kappa shape index (κ1) is 19.9. The van der Waals surface area contributed by atoms with Crippen molar-refractivity contribution < 1.29 is 19.1 Å². The van der Waals surface area contributed by atoms with Crippen molar-refractivity contribution in [2.24, 2.45) is 0 Å². The highest BCUT2D eigenvalue weighted by Crippen LogP contribution is 2.23. The number of benzene rings is 2. The summed E-state index contributed by atoms with van der Waals surface area (Å²) in [4.78, 5) is 35.3. The lowest BCUT2D eigenvalue weighted by Gasteiger charge is -2.09. The molecule has 3 rings (SSSR count). The van der Waals surface area contributed by atoms with Crippen LogP contribution in [-0.2, 0) is 20.9 Å². The van der Waals surface area contributed by atoms with E-state index in [9.17, 15) is 14.4 Å². The summed E-state index contributed by atoms with van der Waals surface area (Å²) in [5.41, 5.74) is 1.37. The van der Waals surface area contributed by atoms with E-state index in [0.717, 1.165) is 11.3 Å². The lowest BCUT2D eigenvalue weighted by molar-refractivity contribution is -0.147. The Balaban J connectivity index is 1.46. The van der Waals surface area contributed by atoms with Crippen molar-refractivity contribution >= 4 is 17.6 Å². The quantitative estimate of drug-likeness (QED) is 0.624. The van der Waals surface area contributed by atoms with Crippen molar-refractivity contribution in [3.63, 3.8) is 0 Å². The number of amides is 1. The molecule has 0 fully saturated rings. The number of pyridine rings is 1. The van der Waals surface area contributed by atoms with Crippen LogP contribution in [0.4, 0.5) is 5.69 Å². The Morgan fingerprint density at radius 2 is 1.59 bits per heavy atom. The van der Waals surface area contributed by atoms with Crippen LogP contribution in [0.3, 0.4) is 0 Å². The summed E-state index contributed by atoms with van der Waals surface area (Å²) in [6.45, 7) is 1.31. The molecule has 0 saturated heterocycles. The third-order valence-electron chi connectivity index (χ3n) is 3.96. The number of hydrogen-bond acceptors (Lipinski definition) is 5. The lowest BCUT2D eigenvalue weighted by Crippen LogP contribution is -2.26. The number of ether oxygens (including phenoxy) is 2. The van der Waals surface area contributed by atoms with Gasteiger partial charge in [0.15, 0.2) is 6.61 Å². The van der Waals surface area contributed by atoms with Crippen LogP contribution >= 0.6 is 0 Å². The molecular formula is C22H20N2O5. The third kappa shape index (κ3) is 6.07. The zero-order valence-electron chi connectivity index (χ0n) is 15.8. The van der Waals surface area contributed by atoms with Crippen LogP contribution in [0.15, 0.2) is 77.7 Å². The van der Waals surface area contributed by atoms with Crippen molar-refractivity contribution in [1.29, 1.82) is 0 Å². The Bertz CT molecular complexity index is 1040. The minimum absolute atomic E-state index is 0.252. The van der Waals surface area contributed by atoms with Gasteiger partial charge in [0.05, 0.1) is 0 Å². The molecule has 7 heteroatoms. The average molecular weight is 392 g/mol. The molecule has 29 heavy (non-hydrogen) atoms. The first-order valence-corrected chi connectivity index (χ1v) is 8.95. The van der Waals surface area contributed by atoms with Crippen molar-refractivity contribution in [2.75, 3.05) is 11.9 Å². The Morgan fingerprint density at radius 3 is 2.24 bits per heavy atom. The van der Waals surface area contributed by atoms with Gasteiger partial charge in [0.2, 0.25) is 0 Å². The van der Waals surface area contributed by atoms with Gasteiger partial charge >= 0.3 is 5.97 Å². The molecule has 0 saturated carbocycles. The molecular weight excluding hydrogens is 372 g/mol. The fourth-order valence-corrected chi connectivity index (χ4v) is 2.47. The van der Waals surface area contributed by atoms with E-state index in [1.807, 2.05) is 31.2 Å². The molecule has 0 bridgehead atoms. The summed E-state index contributed by atoms with van der Waals surface area (Å²) < 4.78 is 11.8. The number of aromatic nitrogens is 1. The summed E-state index contributed by atoms with van der Waals surface area (Å²) in [5, 5.41) is 2.63. The topological polar surface area (TPSA) is 86.6 Å². The van der Waals surface area contributed by atoms with Crippen LogP contribution in [0.2, 0.25) is 0 Å². The molecule has 3 aromatic rings. The molecule has 2 aromatic carbocycles. The maximum atomic E-state index is 12.0. The Hall–Kier alpha value is -3.87. The van der Waals surface area contributed by atoms with Gasteiger partial charge in [-0.1, -0.05) is 23.8 Å². The van der Waals surface area contributed by atoms with Gasteiger partial charge in [0, 0.05) is 18.0 Å². The van der Waals surface area contributed by atoms with Gasteiger partial charge in [0.1, 0.15) is 18.0 Å². The zero-order chi connectivity index (χ0) is 20.6. The van der Waals surface area contributed by atoms with Crippen LogP contribution in [0.5, 0.6) is 11.5 Å². The fourth-order valence-electron chi connectivity index (χ4n) is 2.47. The van der Waals surface area contributed by atoms with Gasteiger partial charge < -0.3 is 19.4 Å². The monoisotopic (exact) mass is 392 g/mol. The molecule has 0 unspecified atom stereocenters. The summed E-state index contributed by atoms with van der Waals surface area (Å²) in [6.07, 6.45) is 1.48. The molecule has 1 heterocycles. The van der Waals surface area contributed by atoms with E-state index in [2.05, 4.69) is 5.32 Å². The highest BCUT2D eigenvalue weighted by Gasteiger charge is 2.09. The Morgan fingerprint density at radius 1 is 0.931 bits per heavy atom. The van der Waals surface area contributed by atoms with Crippen LogP contribution < -0.4 is 15.6 Å². The smallest absolute Gasteiger partial charge is 0.326 e. The second-order valence-corrected chi connectivity index (χ2v) is 6.32. The lowest BCUT2D eigenvalue weighted by atomic mass is 10.2. The number of aryl methyl sites for hydroxylation is 1. The molecule has 0 aliphatic carbocycles. The molecule has 0 spiro atoms. The van der Waals surface area contributed by atoms with E-state index in [0.29, 0.717) is 11.4 Å². The van der Waals surface area contributed by atoms with E-state index in [-0.39, 0.29) is 12.1 Å². The largest absolute Gasteiger partial charge is 0.457 e. The van der Waals surface area contributed by atoms with Gasteiger partial charge in [-0.2, -0.15) is 0 Å². The van der Waals surface area contributed by atoms with Crippen LogP contribution in [-0.4, -0.2) is 23.1 Å². The summed E-state index contributed by atoms with van der Waals surface area (Å²) >= 11 is 0. The Kier molecular flexibility index (Phi) is 6.42. The molecule has 1 N–H and O–H groups in total. The first-order valence-electron chi connectivity index (χ1n) is 8.95. The molecule has 0 atom stereocenters. The standard InChI is InChI=1S/C22H20N2O5/c1-16-5-9-18(10-6-16)29-19-11-7-17(8-12-19)23-20(25)15-28-22(27)14-24-13-3-2-4-21(24)26/h2-13H,14-15H2,1H3,(H,23,25). The summed E-state index contributed by atoms with van der Waals surface area (Å²) in [5.74, 6) is 0.199. The van der Waals surface area contributed by atoms with E-state index < -0.39 is 18.5 Å². The van der Waals surface area contributed by atoms with Crippen molar-refractivity contribution in [2.45, 2.75) is 13.5 Å². The molecule has 7 nitrogen and oxygen atoms in total. The highest BCUT2D eigenvalue weighted by atomic mass is 16.5. The van der Waals surface area contributed by atoms with Gasteiger partial charge in [-0.05, 0) is 49.4 Å². The van der Waals surface area contributed by atoms with E-state index in [1.165, 1.54) is 16.8 Å². The normalized spacial score (nSPS) is 10.2. The van der Waals surface area contributed by atoms with Crippen LogP contribution in [0.25, 0.3) is 0 Å². The van der Waals surface area contributed by atoms with Crippen molar-refractivity contribution in [1.82, 2.24) is 4.57 Å².